The number of aromatic nitrogens is 1. The Hall–Kier alpha value is -2.23. The maximum Gasteiger partial charge on any atom is 0.221 e. The zero-order chi connectivity index (χ0) is 14.9. The highest BCUT2D eigenvalue weighted by Crippen LogP contribution is 2.30. The minimum absolute atomic E-state index is 0.559. The Labute approximate surface area is 126 Å². The highest BCUT2D eigenvalue weighted by atomic mass is 16.5. The normalized spacial score (nSPS) is 10.2. The molecule has 21 heavy (non-hydrogen) atoms. The largest absolute Gasteiger partial charge is 0.490 e. The number of anilines is 1. The van der Waals surface area contributed by atoms with E-state index in [1.54, 1.807) is 0 Å². The molecule has 0 amide bonds. The van der Waals surface area contributed by atoms with E-state index in [-0.39, 0.29) is 0 Å². The topological polar surface area (TPSA) is 43.4 Å². The number of para-hydroxylation sites is 2. The fourth-order valence-corrected chi connectivity index (χ4v) is 1.80. The Morgan fingerprint density at radius 3 is 2.52 bits per heavy atom. The van der Waals surface area contributed by atoms with Crippen LogP contribution in [0.25, 0.3) is 0 Å². The quantitative estimate of drug-likeness (QED) is 0.776. The maximum atomic E-state index is 5.85. The number of pyridine rings is 1. The average molecular weight is 286 g/mol. The summed E-state index contributed by atoms with van der Waals surface area (Å²) in [5.41, 5.74) is 0. The van der Waals surface area contributed by atoms with Gasteiger partial charge in [-0.3, -0.25) is 0 Å². The van der Waals surface area contributed by atoms with Gasteiger partial charge in [0.1, 0.15) is 5.82 Å². The number of benzene rings is 1. The second-order valence-electron chi connectivity index (χ2n) is 4.69. The van der Waals surface area contributed by atoms with Gasteiger partial charge in [0.15, 0.2) is 11.5 Å². The Balaban J connectivity index is 2.10. The summed E-state index contributed by atoms with van der Waals surface area (Å²) in [7, 11) is 0. The van der Waals surface area contributed by atoms with Crippen molar-refractivity contribution < 1.29 is 9.47 Å². The van der Waals surface area contributed by atoms with Gasteiger partial charge in [0, 0.05) is 12.6 Å². The molecule has 1 N–H and O–H groups in total. The highest BCUT2D eigenvalue weighted by molar-refractivity contribution is 5.43. The number of ether oxygens (including phenoxy) is 2. The molecule has 1 heterocycles. The summed E-state index contributed by atoms with van der Waals surface area (Å²) in [6.45, 7) is 5.76. The fourth-order valence-electron chi connectivity index (χ4n) is 1.80. The molecule has 4 nitrogen and oxygen atoms in total. The Bertz CT molecular complexity index is 558. The molecule has 0 aliphatic carbocycles. The van der Waals surface area contributed by atoms with Crippen LogP contribution in [-0.4, -0.2) is 18.1 Å². The lowest BCUT2D eigenvalue weighted by Gasteiger charge is -2.12. The second-order valence-corrected chi connectivity index (χ2v) is 4.69. The van der Waals surface area contributed by atoms with Crippen molar-refractivity contribution in [1.29, 1.82) is 0 Å². The molecule has 0 aliphatic rings. The predicted octanol–water partition coefficient (Wildman–Crippen LogP) is 4.48. The molecule has 0 spiro atoms. The molecule has 0 saturated carbocycles. The lowest BCUT2D eigenvalue weighted by molar-refractivity contribution is 0.301. The van der Waals surface area contributed by atoms with Crippen molar-refractivity contribution in [2.75, 3.05) is 18.5 Å². The van der Waals surface area contributed by atoms with Gasteiger partial charge in [-0.2, -0.15) is 4.98 Å². The minimum atomic E-state index is 0.559. The van der Waals surface area contributed by atoms with Crippen molar-refractivity contribution in [3.63, 3.8) is 0 Å². The third kappa shape index (κ3) is 4.67. The van der Waals surface area contributed by atoms with E-state index in [4.69, 9.17) is 9.47 Å². The number of nitrogens with one attached hydrogen (secondary N) is 1. The van der Waals surface area contributed by atoms with Crippen LogP contribution in [0, 0.1) is 0 Å². The van der Waals surface area contributed by atoms with E-state index in [1.165, 1.54) is 0 Å². The first kappa shape index (κ1) is 15.2. The molecule has 1 aromatic carbocycles. The molecule has 0 atom stereocenters. The van der Waals surface area contributed by atoms with E-state index in [1.807, 2.05) is 42.5 Å². The van der Waals surface area contributed by atoms with Crippen LogP contribution in [-0.2, 0) is 0 Å². The molecular weight excluding hydrogens is 264 g/mol. The fraction of sp³-hybridized carbons (Fsp3) is 0.353. The molecule has 0 saturated heterocycles. The third-order valence-electron chi connectivity index (χ3n) is 2.81. The van der Waals surface area contributed by atoms with Gasteiger partial charge in [0.25, 0.3) is 0 Å². The monoisotopic (exact) mass is 286 g/mol. The Kier molecular flexibility index (Phi) is 5.88. The predicted molar refractivity (Wildman–Crippen MR) is 85.3 cm³/mol. The first-order valence-corrected chi connectivity index (χ1v) is 7.44. The van der Waals surface area contributed by atoms with Crippen LogP contribution in [0.2, 0.25) is 0 Å². The summed E-state index contributed by atoms with van der Waals surface area (Å²) in [5.74, 6) is 2.81. The average Bonchev–Trinajstić information content (AvgIpc) is 2.52. The number of hydrogen-bond donors (Lipinski definition) is 1. The summed E-state index contributed by atoms with van der Waals surface area (Å²) >= 11 is 0. The van der Waals surface area contributed by atoms with Gasteiger partial charge >= 0.3 is 0 Å². The van der Waals surface area contributed by atoms with Crippen LogP contribution >= 0.6 is 0 Å². The van der Waals surface area contributed by atoms with Gasteiger partial charge in [-0.25, -0.2) is 0 Å². The first-order chi connectivity index (χ1) is 10.3. The van der Waals surface area contributed by atoms with Gasteiger partial charge in [0.05, 0.1) is 6.61 Å². The van der Waals surface area contributed by atoms with E-state index in [0.717, 1.165) is 31.0 Å². The van der Waals surface area contributed by atoms with Crippen LogP contribution in [0.4, 0.5) is 5.82 Å². The molecule has 0 radical (unpaired) electrons. The summed E-state index contributed by atoms with van der Waals surface area (Å²) in [6.07, 6.45) is 2.02. The SMILES string of the molecule is CCCNc1cccc(Oc2ccccc2OCCC)n1. The van der Waals surface area contributed by atoms with Gasteiger partial charge in [-0.1, -0.05) is 32.0 Å². The summed E-state index contributed by atoms with van der Waals surface area (Å²) < 4.78 is 11.5. The molecule has 0 fully saturated rings. The van der Waals surface area contributed by atoms with Gasteiger partial charge in [-0.15, -0.1) is 0 Å². The lowest BCUT2D eigenvalue weighted by atomic mass is 10.3. The van der Waals surface area contributed by atoms with Crippen molar-refractivity contribution in [2.45, 2.75) is 26.7 Å². The first-order valence-electron chi connectivity index (χ1n) is 7.44. The summed E-state index contributed by atoms with van der Waals surface area (Å²) in [4.78, 5) is 4.44. The molecule has 4 heteroatoms. The molecule has 0 unspecified atom stereocenters. The van der Waals surface area contributed by atoms with Crippen molar-refractivity contribution in [1.82, 2.24) is 4.98 Å². The van der Waals surface area contributed by atoms with Crippen molar-refractivity contribution >= 4 is 5.82 Å². The number of rotatable bonds is 8. The third-order valence-corrected chi connectivity index (χ3v) is 2.81. The van der Waals surface area contributed by atoms with Crippen molar-refractivity contribution in [2.24, 2.45) is 0 Å². The van der Waals surface area contributed by atoms with Gasteiger partial charge in [-0.05, 0) is 31.0 Å². The molecule has 0 aliphatic heterocycles. The molecule has 112 valence electrons. The van der Waals surface area contributed by atoms with Crippen LogP contribution in [0.1, 0.15) is 26.7 Å². The summed E-state index contributed by atoms with van der Waals surface area (Å²) in [5, 5.41) is 3.25. The van der Waals surface area contributed by atoms with Gasteiger partial charge < -0.3 is 14.8 Å². The Morgan fingerprint density at radius 1 is 0.952 bits per heavy atom. The molecular formula is C17H22N2O2. The van der Waals surface area contributed by atoms with E-state index in [2.05, 4.69) is 24.1 Å². The smallest absolute Gasteiger partial charge is 0.221 e. The second kappa shape index (κ2) is 8.15. The minimum Gasteiger partial charge on any atom is -0.490 e. The van der Waals surface area contributed by atoms with Crippen molar-refractivity contribution in [3.05, 3.63) is 42.5 Å². The molecule has 0 bridgehead atoms. The zero-order valence-corrected chi connectivity index (χ0v) is 12.6. The van der Waals surface area contributed by atoms with Gasteiger partial charge in [0.2, 0.25) is 5.88 Å². The van der Waals surface area contributed by atoms with E-state index in [9.17, 15) is 0 Å². The van der Waals surface area contributed by atoms with E-state index < -0.39 is 0 Å². The number of hydrogen-bond acceptors (Lipinski definition) is 4. The lowest BCUT2D eigenvalue weighted by Crippen LogP contribution is -2.02. The van der Waals surface area contributed by atoms with E-state index >= 15 is 0 Å². The maximum absolute atomic E-state index is 5.85. The molecule has 2 rings (SSSR count). The standard InChI is InChI=1S/C17H22N2O2/c1-3-12-18-16-10-7-11-17(19-16)21-15-9-6-5-8-14(15)20-13-4-2/h5-11H,3-4,12-13H2,1-2H3,(H,18,19). The molecule has 2 aromatic rings. The van der Waals surface area contributed by atoms with Crippen LogP contribution < -0.4 is 14.8 Å². The van der Waals surface area contributed by atoms with Crippen LogP contribution in [0.3, 0.4) is 0 Å². The van der Waals surface area contributed by atoms with Crippen LogP contribution in [0.5, 0.6) is 17.4 Å². The highest BCUT2D eigenvalue weighted by Gasteiger charge is 2.06. The number of nitrogens with zero attached hydrogens (tertiary/aromatic N) is 1. The zero-order valence-electron chi connectivity index (χ0n) is 12.6. The Morgan fingerprint density at radius 2 is 1.76 bits per heavy atom. The van der Waals surface area contributed by atoms with Crippen molar-refractivity contribution in [3.8, 4) is 17.4 Å². The van der Waals surface area contributed by atoms with E-state index in [0.29, 0.717) is 18.2 Å². The molecule has 1 aromatic heterocycles. The summed E-state index contributed by atoms with van der Waals surface area (Å²) in [6, 6.07) is 13.4. The van der Waals surface area contributed by atoms with Crippen LogP contribution in [0.15, 0.2) is 42.5 Å².